The first kappa shape index (κ1) is 11.4. The average Bonchev–Trinajstić information content (AvgIpc) is 2.91. The highest BCUT2D eigenvalue weighted by atomic mass is 15.0. The molecule has 2 atom stereocenters. The van der Waals surface area contributed by atoms with Crippen molar-refractivity contribution < 1.29 is 0 Å². The maximum Gasteiger partial charge on any atom is 0.125 e. The molecule has 1 aliphatic carbocycles. The molecule has 1 aliphatic rings. The van der Waals surface area contributed by atoms with Crippen molar-refractivity contribution in [1.29, 1.82) is 0 Å². The minimum absolute atomic E-state index is 0.191. The summed E-state index contributed by atoms with van der Waals surface area (Å²) >= 11 is 0. The first-order valence-corrected chi connectivity index (χ1v) is 6.17. The fraction of sp³-hybridized carbons (Fsp3) is 0.643. The van der Waals surface area contributed by atoms with E-state index in [0.717, 1.165) is 24.2 Å². The van der Waals surface area contributed by atoms with Crippen molar-refractivity contribution >= 4 is 5.82 Å². The van der Waals surface area contributed by atoms with Crippen molar-refractivity contribution in [2.75, 3.05) is 11.9 Å². The van der Waals surface area contributed by atoms with E-state index in [1.165, 1.54) is 12.0 Å². The fourth-order valence-electron chi connectivity index (χ4n) is 1.86. The first-order valence-electron chi connectivity index (χ1n) is 6.17. The molecular weight excluding hydrogens is 196 g/mol. The van der Waals surface area contributed by atoms with Gasteiger partial charge in [0, 0.05) is 12.7 Å². The summed E-state index contributed by atoms with van der Waals surface area (Å²) in [6.45, 7) is 10.0. The molecule has 0 amide bonds. The van der Waals surface area contributed by atoms with Gasteiger partial charge < -0.3 is 5.32 Å². The summed E-state index contributed by atoms with van der Waals surface area (Å²) in [7, 11) is 0. The molecule has 1 saturated carbocycles. The van der Waals surface area contributed by atoms with E-state index in [2.05, 4.69) is 50.1 Å². The summed E-state index contributed by atoms with van der Waals surface area (Å²) in [6.07, 6.45) is 3.35. The Morgan fingerprint density at radius 1 is 1.38 bits per heavy atom. The number of rotatable bonds is 3. The molecule has 2 rings (SSSR count). The van der Waals surface area contributed by atoms with Gasteiger partial charge in [-0.15, -0.1) is 0 Å². The van der Waals surface area contributed by atoms with Crippen molar-refractivity contribution in [3.05, 3.63) is 23.9 Å². The van der Waals surface area contributed by atoms with Crippen LogP contribution < -0.4 is 5.32 Å². The Morgan fingerprint density at radius 2 is 2.06 bits per heavy atom. The Balaban J connectivity index is 1.91. The Labute approximate surface area is 98.5 Å². The largest absolute Gasteiger partial charge is 0.370 e. The number of anilines is 1. The average molecular weight is 218 g/mol. The quantitative estimate of drug-likeness (QED) is 0.840. The molecule has 2 heteroatoms. The van der Waals surface area contributed by atoms with Crippen LogP contribution in [-0.4, -0.2) is 11.5 Å². The van der Waals surface area contributed by atoms with Gasteiger partial charge in [0.1, 0.15) is 5.82 Å². The zero-order chi connectivity index (χ0) is 11.8. The van der Waals surface area contributed by atoms with Gasteiger partial charge in [-0.25, -0.2) is 4.98 Å². The van der Waals surface area contributed by atoms with Gasteiger partial charge in [0.05, 0.1) is 0 Å². The number of hydrogen-bond donors (Lipinski definition) is 1. The monoisotopic (exact) mass is 218 g/mol. The van der Waals surface area contributed by atoms with E-state index in [1.54, 1.807) is 0 Å². The number of nitrogens with one attached hydrogen (secondary N) is 1. The Morgan fingerprint density at radius 3 is 2.50 bits per heavy atom. The summed E-state index contributed by atoms with van der Waals surface area (Å²) in [4.78, 5) is 4.46. The van der Waals surface area contributed by atoms with Crippen LogP contribution in [0.3, 0.4) is 0 Å². The van der Waals surface area contributed by atoms with Gasteiger partial charge in [0.25, 0.3) is 0 Å². The van der Waals surface area contributed by atoms with Crippen LogP contribution in [0.25, 0.3) is 0 Å². The molecule has 0 aromatic carbocycles. The molecule has 0 spiro atoms. The SMILES string of the molecule is CC1CC1CNc1ccc(C(C)(C)C)cn1. The van der Waals surface area contributed by atoms with Gasteiger partial charge in [-0.1, -0.05) is 33.8 Å². The highest BCUT2D eigenvalue weighted by molar-refractivity contribution is 5.37. The van der Waals surface area contributed by atoms with E-state index < -0.39 is 0 Å². The molecule has 1 heterocycles. The molecule has 2 unspecified atom stereocenters. The predicted octanol–water partition coefficient (Wildman–Crippen LogP) is 3.45. The van der Waals surface area contributed by atoms with Crippen LogP contribution in [0.5, 0.6) is 0 Å². The van der Waals surface area contributed by atoms with Crippen LogP contribution in [0.4, 0.5) is 5.82 Å². The van der Waals surface area contributed by atoms with Gasteiger partial charge in [0.15, 0.2) is 0 Å². The second-order valence-corrected chi connectivity index (χ2v) is 6.04. The lowest BCUT2D eigenvalue weighted by Crippen LogP contribution is -2.12. The zero-order valence-electron chi connectivity index (χ0n) is 10.7. The zero-order valence-corrected chi connectivity index (χ0v) is 10.7. The van der Waals surface area contributed by atoms with Gasteiger partial charge >= 0.3 is 0 Å². The molecule has 1 aromatic rings. The van der Waals surface area contributed by atoms with E-state index in [4.69, 9.17) is 0 Å². The maximum absolute atomic E-state index is 4.46. The van der Waals surface area contributed by atoms with Gasteiger partial charge in [0.2, 0.25) is 0 Å². The lowest BCUT2D eigenvalue weighted by atomic mass is 9.88. The molecule has 0 saturated heterocycles. The highest BCUT2D eigenvalue weighted by Gasteiger charge is 2.31. The highest BCUT2D eigenvalue weighted by Crippen LogP contribution is 2.37. The first-order chi connectivity index (χ1) is 7.47. The van der Waals surface area contributed by atoms with Crippen LogP contribution in [0.1, 0.15) is 39.7 Å². The van der Waals surface area contributed by atoms with E-state index >= 15 is 0 Å². The third-order valence-corrected chi connectivity index (χ3v) is 3.45. The molecule has 2 nitrogen and oxygen atoms in total. The molecule has 0 radical (unpaired) electrons. The number of hydrogen-bond acceptors (Lipinski definition) is 2. The minimum Gasteiger partial charge on any atom is -0.370 e. The van der Waals surface area contributed by atoms with Crippen molar-refractivity contribution in [3.63, 3.8) is 0 Å². The molecule has 88 valence electrons. The summed E-state index contributed by atoms with van der Waals surface area (Å²) in [5.41, 5.74) is 1.48. The molecule has 16 heavy (non-hydrogen) atoms. The van der Waals surface area contributed by atoms with Gasteiger partial charge in [-0.2, -0.15) is 0 Å². The molecule has 0 aliphatic heterocycles. The normalized spacial score (nSPS) is 24.2. The van der Waals surface area contributed by atoms with Crippen LogP contribution in [0.2, 0.25) is 0 Å². The Hall–Kier alpha value is -1.05. The lowest BCUT2D eigenvalue weighted by Gasteiger charge is -2.18. The number of pyridine rings is 1. The minimum atomic E-state index is 0.191. The number of aromatic nitrogens is 1. The van der Waals surface area contributed by atoms with Gasteiger partial charge in [-0.05, 0) is 35.3 Å². The third kappa shape index (κ3) is 2.75. The molecule has 0 bridgehead atoms. The van der Waals surface area contributed by atoms with E-state index in [9.17, 15) is 0 Å². The molecule has 1 fully saturated rings. The predicted molar refractivity (Wildman–Crippen MR) is 68.7 cm³/mol. The molecular formula is C14H22N2. The lowest BCUT2D eigenvalue weighted by molar-refractivity contribution is 0.587. The van der Waals surface area contributed by atoms with Crippen molar-refractivity contribution in [3.8, 4) is 0 Å². The molecule has 1 N–H and O–H groups in total. The van der Waals surface area contributed by atoms with Crippen molar-refractivity contribution in [2.45, 2.75) is 39.5 Å². The third-order valence-electron chi connectivity index (χ3n) is 3.45. The second-order valence-electron chi connectivity index (χ2n) is 6.04. The molecule has 1 aromatic heterocycles. The summed E-state index contributed by atoms with van der Waals surface area (Å²) in [5.74, 6) is 2.78. The van der Waals surface area contributed by atoms with Crippen LogP contribution in [-0.2, 0) is 5.41 Å². The van der Waals surface area contributed by atoms with Gasteiger partial charge in [-0.3, -0.25) is 0 Å². The van der Waals surface area contributed by atoms with Crippen LogP contribution in [0.15, 0.2) is 18.3 Å². The second kappa shape index (κ2) is 4.08. The van der Waals surface area contributed by atoms with Crippen LogP contribution >= 0.6 is 0 Å². The Bertz CT molecular complexity index is 348. The van der Waals surface area contributed by atoms with Crippen molar-refractivity contribution in [1.82, 2.24) is 4.98 Å². The standard InChI is InChI=1S/C14H22N2/c1-10-7-11(10)8-15-13-6-5-12(9-16-13)14(2,3)4/h5-6,9-11H,7-8H2,1-4H3,(H,15,16). The van der Waals surface area contributed by atoms with Crippen molar-refractivity contribution in [2.24, 2.45) is 11.8 Å². The maximum atomic E-state index is 4.46. The fourth-order valence-corrected chi connectivity index (χ4v) is 1.86. The summed E-state index contributed by atoms with van der Waals surface area (Å²) < 4.78 is 0. The van der Waals surface area contributed by atoms with E-state index in [1.807, 2.05) is 6.20 Å². The Kier molecular flexibility index (Phi) is 2.92. The number of nitrogens with zero attached hydrogens (tertiary/aromatic N) is 1. The van der Waals surface area contributed by atoms with E-state index in [0.29, 0.717) is 0 Å². The van der Waals surface area contributed by atoms with E-state index in [-0.39, 0.29) is 5.41 Å². The summed E-state index contributed by atoms with van der Waals surface area (Å²) in [6, 6.07) is 4.26. The smallest absolute Gasteiger partial charge is 0.125 e. The topological polar surface area (TPSA) is 24.9 Å². The van der Waals surface area contributed by atoms with Crippen LogP contribution in [0, 0.1) is 11.8 Å². The summed E-state index contributed by atoms with van der Waals surface area (Å²) in [5, 5.41) is 3.40.